The number of allylic oxidation sites excluding steroid dienone is 2. The number of para-hydroxylation sites is 1. The molecule has 2 unspecified atom stereocenters. The number of hydrogen-bond acceptors (Lipinski definition) is 7. The van der Waals surface area contributed by atoms with E-state index in [0.717, 1.165) is 10.0 Å². The lowest BCUT2D eigenvalue weighted by molar-refractivity contribution is -0.122. The molecule has 1 saturated heterocycles. The second kappa shape index (κ2) is 11.0. The van der Waals surface area contributed by atoms with Gasteiger partial charge < -0.3 is 9.84 Å². The molecule has 1 aromatic heterocycles. The Kier molecular flexibility index (Phi) is 7.20. The fourth-order valence-corrected chi connectivity index (χ4v) is 6.18. The topological polar surface area (TPSA) is 114 Å². The van der Waals surface area contributed by atoms with Crippen LogP contribution in [0.2, 0.25) is 0 Å². The lowest BCUT2D eigenvalue weighted by Crippen LogP contribution is -2.30. The maximum atomic E-state index is 13.3. The molecule has 0 saturated carbocycles. The van der Waals surface area contributed by atoms with Crippen LogP contribution in [0.3, 0.4) is 0 Å². The molecule has 0 spiro atoms. The molecule has 6 rings (SSSR count). The third kappa shape index (κ3) is 4.90. The van der Waals surface area contributed by atoms with Crippen molar-refractivity contribution in [2.75, 3.05) is 11.5 Å². The minimum absolute atomic E-state index is 0.0646. The van der Waals surface area contributed by atoms with E-state index in [0.29, 0.717) is 40.7 Å². The SMILES string of the molecule is Cc1cc(Br)cc2c(C(=O)OCC(=O)c3ccccc3O)cc(-c3ccc(N4C(=O)C5CC=CCC5C4=O)cc3)nc12. The number of hydrogen-bond donors (Lipinski definition) is 1. The van der Waals surface area contributed by atoms with Crippen LogP contribution < -0.4 is 4.90 Å². The van der Waals surface area contributed by atoms with Crippen LogP contribution in [-0.4, -0.2) is 40.3 Å². The number of phenolic OH excluding ortho intramolecular Hbond substituents is 1. The number of aromatic hydroxyl groups is 1. The molecule has 2 amide bonds. The molecule has 2 aliphatic rings. The lowest BCUT2D eigenvalue weighted by Gasteiger charge is -2.16. The summed E-state index contributed by atoms with van der Waals surface area (Å²) in [6.07, 6.45) is 5.04. The van der Waals surface area contributed by atoms with Crippen molar-refractivity contribution in [2.24, 2.45) is 11.8 Å². The average molecular weight is 625 g/mol. The Balaban J connectivity index is 1.32. The molecule has 9 heteroatoms. The molecule has 2 atom stereocenters. The number of halogens is 1. The van der Waals surface area contributed by atoms with Gasteiger partial charge in [0.1, 0.15) is 5.75 Å². The van der Waals surface area contributed by atoms with Crippen molar-refractivity contribution in [3.8, 4) is 17.0 Å². The number of rotatable bonds is 6. The first-order valence-corrected chi connectivity index (χ1v) is 14.2. The number of ketones is 1. The molecule has 0 bridgehead atoms. The van der Waals surface area contributed by atoms with Crippen LogP contribution in [0.5, 0.6) is 5.75 Å². The molecule has 210 valence electrons. The summed E-state index contributed by atoms with van der Waals surface area (Å²) in [5.41, 5.74) is 3.33. The molecule has 3 aromatic carbocycles. The van der Waals surface area contributed by atoms with Gasteiger partial charge in [-0.1, -0.05) is 52.3 Å². The quantitative estimate of drug-likeness (QED) is 0.118. The van der Waals surface area contributed by atoms with Gasteiger partial charge in [-0.3, -0.25) is 19.3 Å². The van der Waals surface area contributed by atoms with E-state index in [2.05, 4.69) is 15.9 Å². The van der Waals surface area contributed by atoms with E-state index >= 15 is 0 Å². The third-order valence-electron chi connectivity index (χ3n) is 7.76. The molecule has 4 aromatic rings. The number of phenols is 1. The zero-order valence-corrected chi connectivity index (χ0v) is 24.1. The molecule has 2 heterocycles. The second-order valence-corrected chi connectivity index (χ2v) is 11.3. The van der Waals surface area contributed by atoms with Crippen molar-refractivity contribution in [2.45, 2.75) is 19.8 Å². The van der Waals surface area contributed by atoms with Crippen LogP contribution in [0.15, 0.2) is 83.4 Å². The number of Topliss-reactive ketones (excluding diaryl/α,β-unsaturated/α-hetero) is 1. The number of fused-ring (bicyclic) bond motifs is 2. The minimum atomic E-state index is -0.717. The van der Waals surface area contributed by atoms with E-state index in [9.17, 15) is 24.3 Å². The number of amides is 2. The van der Waals surface area contributed by atoms with Gasteiger partial charge in [-0.05, 0) is 67.8 Å². The van der Waals surface area contributed by atoms with Crippen LogP contribution in [0.4, 0.5) is 5.69 Å². The Morgan fingerprint density at radius 2 is 1.62 bits per heavy atom. The normalized spacial score (nSPS) is 17.9. The predicted molar refractivity (Wildman–Crippen MR) is 160 cm³/mol. The van der Waals surface area contributed by atoms with Gasteiger partial charge in [-0.15, -0.1) is 0 Å². The van der Waals surface area contributed by atoms with Crippen molar-refractivity contribution >= 4 is 56.1 Å². The van der Waals surface area contributed by atoms with Crippen molar-refractivity contribution in [3.63, 3.8) is 0 Å². The number of benzene rings is 3. The fourth-order valence-electron chi connectivity index (χ4n) is 5.61. The standard InChI is InChI=1S/C33H25BrN2O6/c1-18-14-20(34)15-25-26(33(41)42-17-29(38)24-8-4-5-9-28(24)37)16-27(35-30(18)25)19-10-12-21(13-11-19)36-31(39)22-6-2-3-7-23(22)32(36)40/h2-5,8-16,22-23,37H,6-7,17H2,1H3. The largest absolute Gasteiger partial charge is 0.507 e. The highest BCUT2D eigenvalue weighted by Crippen LogP contribution is 2.38. The van der Waals surface area contributed by atoms with Crippen LogP contribution >= 0.6 is 15.9 Å². The molecule has 1 N–H and O–H groups in total. The number of carbonyl (C=O) groups excluding carboxylic acids is 4. The Labute approximate surface area is 249 Å². The zero-order valence-electron chi connectivity index (χ0n) is 22.5. The summed E-state index contributed by atoms with van der Waals surface area (Å²) in [5, 5.41) is 10.5. The van der Waals surface area contributed by atoms with E-state index < -0.39 is 18.4 Å². The molecule has 42 heavy (non-hydrogen) atoms. The Hall–Kier alpha value is -4.63. The number of aryl methyl sites for hydroxylation is 1. The fraction of sp³-hybridized carbons (Fsp3) is 0.182. The predicted octanol–water partition coefficient (Wildman–Crippen LogP) is 6.17. The number of aromatic nitrogens is 1. The molecular weight excluding hydrogens is 600 g/mol. The van der Waals surface area contributed by atoms with E-state index in [1.807, 2.05) is 25.1 Å². The molecule has 1 aliphatic heterocycles. The van der Waals surface area contributed by atoms with Gasteiger partial charge in [-0.2, -0.15) is 0 Å². The maximum absolute atomic E-state index is 13.3. The first kappa shape index (κ1) is 27.5. The summed E-state index contributed by atoms with van der Waals surface area (Å²) in [7, 11) is 0. The number of pyridine rings is 1. The summed E-state index contributed by atoms with van der Waals surface area (Å²) in [4.78, 5) is 58.1. The van der Waals surface area contributed by atoms with E-state index in [-0.39, 0.29) is 40.5 Å². The van der Waals surface area contributed by atoms with Gasteiger partial charge in [-0.25, -0.2) is 9.78 Å². The number of imide groups is 1. The Morgan fingerprint density at radius 3 is 2.29 bits per heavy atom. The van der Waals surface area contributed by atoms with Crippen LogP contribution in [0.25, 0.3) is 22.2 Å². The smallest absolute Gasteiger partial charge is 0.339 e. The Bertz CT molecular complexity index is 1790. The maximum Gasteiger partial charge on any atom is 0.339 e. The summed E-state index contributed by atoms with van der Waals surface area (Å²) in [6.45, 7) is 1.33. The number of nitrogens with zero attached hydrogens (tertiary/aromatic N) is 2. The van der Waals surface area contributed by atoms with Crippen molar-refractivity contribution in [3.05, 3.63) is 100 Å². The lowest BCUT2D eigenvalue weighted by atomic mass is 9.85. The summed E-state index contributed by atoms with van der Waals surface area (Å²) in [5.74, 6) is -2.45. The van der Waals surface area contributed by atoms with Gasteiger partial charge in [0.25, 0.3) is 0 Å². The van der Waals surface area contributed by atoms with Gasteiger partial charge in [0.15, 0.2) is 6.61 Å². The third-order valence-corrected chi connectivity index (χ3v) is 8.21. The van der Waals surface area contributed by atoms with Crippen molar-refractivity contribution < 1.29 is 29.0 Å². The van der Waals surface area contributed by atoms with E-state index in [1.165, 1.54) is 17.0 Å². The van der Waals surface area contributed by atoms with Gasteiger partial charge in [0.05, 0.1) is 39.9 Å². The van der Waals surface area contributed by atoms with Gasteiger partial charge >= 0.3 is 5.97 Å². The molecule has 0 radical (unpaired) electrons. The summed E-state index contributed by atoms with van der Waals surface area (Å²) >= 11 is 3.48. The molecule has 1 fully saturated rings. The number of carbonyl (C=O) groups is 4. The number of ether oxygens (including phenoxy) is 1. The number of esters is 1. The zero-order chi connectivity index (χ0) is 29.5. The highest BCUT2D eigenvalue weighted by Gasteiger charge is 2.47. The second-order valence-electron chi connectivity index (χ2n) is 10.4. The highest BCUT2D eigenvalue weighted by molar-refractivity contribution is 9.10. The van der Waals surface area contributed by atoms with Crippen LogP contribution in [0.1, 0.15) is 39.1 Å². The highest BCUT2D eigenvalue weighted by atomic mass is 79.9. The summed E-state index contributed by atoms with van der Waals surface area (Å²) < 4.78 is 6.16. The Morgan fingerprint density at radius 1 is 0.952 bits per heavy atom. The molecule has 1 aliphatic carbocycles. The van der Waals surface area contributed by atoms with Crippen LogP contribution in [0, 0.1) is 18.8 Å². The average Bonchev–Trinajstić information content (AvgIpc) is 3.25. The monoisotopic (exact) mass is 624 g/mol. The van der Waals surface area contributed by atoms with Crippen molar-refractivity contribution in [1.82, 2.24) is 4.98 Å². The van der Waals surface area contributed by atoms with Crippen LogP contribution in [-0.2, 0) is 14.3 Å². The van der Waals surface area contributed by atoms with E-state index in [4.69, 9.17) is 9.72 Å². The first-order chi connectivity index (χ1) is 20.2. The van der Waals surface area contributed by atoms with E-state index in [1.54, 1.807) is 48.5 Å². The van der Waals surface area contributed by atoms with Gasteiger partial charge in [0, 0.05) is 15.4 Å². The molecular formula is C33H25BrN2O6. The number of anilines is 1. The van der Waals surface area contributed by atoms with Gasteiger partial charge in [0.2, 0.25) is 17.6 Å². The minimum Gasteiger partial charge on any atom is -0.507 e. The first-order valence-electron chi connectivity index (χ1n) is 13.5. The summed E-state index contributed by atoms with van der Waals surface area (Å²) in [6, 6.07) is 18.3. The molecule has 8 nitrogen and oxygen atoms in total. The van der Waals surface area contributed by atoms with Crippen molar-refractivity contribution in [1.29, 1.82) is 0 Å².